The molecule has 2 N–H and O–H groups in total. The SMILES string of the molecule is COc1ncccc1C=NO.O=C(O)CC1CCCCC1. The van der Waals surface area contributed by atoms with E-state index in [2.05, 4.69) is 10.1 Å². The molecule has 1 heterocycles. The Kier molecular flexibility index (Phi) is 7.86. The lowest BCUT2D eigenvalue weighted by molar-refractivity contribution is -0.138. The first-order chi connectivity index (χ1) is 10.2. The van der Waals surface area contributed by atoms with Crippen LogP contribution in [0.1, 0.15) is 44.1 Å². The Balaban J connectivity index is 0.000000211. The Labute approximate surface area is 124 Å². The number of carbonyl (C=O) groups is 1. The summed E-state index contributed by atoms with van der Waals surface area (Å²) in [5, 5.41) is 19.6. The molecule has 1 aromatic heterocycles. The Hall–Kier alpha value is -2.11. The van der Waals surface area contributed by atoms with Gasteiger partial charge < -0.3 is 15.1 Å². The number of carboxylic acids is 1. The van der Waals surface area contributed by atoms with Crippen molar-refractivity contribution in [2.24, 2.45) is 11.1 Å². The molecule has 1 aliphatic rings. The molecule has 0 atom stereocenters. The highest BCUT2D eigenvalue weighted by molar-refractivity contribution is 5.81. The molecule has 1 saturated carbocycles. The van der Waals surface area contributed by atoms with Gasteiger partial charge >= 0.3 is 5.97 Å². The van der Waals surface area contributed by atoms with E-state index in [0.717, 1.165) is 12.8 Å². The van der Waals surface area contributed by atoms with Crippen molar-refractivity contribution in [1.29, 1.82) is 0 Å². The summed E-state index contributed by atoms with van der Waals surface area (Å²) in [6, 6.07) is 3.48. The fraction of sp³-hybridized carbons (Fsp3) is 0.533. The van der Waals surface area contributed by atoms with Crippen LogP contribution < -0.4 is 4.74 Å². The summed E-state index contributed by atoms with van der Waals surface area (Å²) in [6.07, 6.45) is 9.30. The van der Waals surface area contributed by atoms with E-state index in [-0.39, 0.29) is 0 Å². The second kappa shape index (κ2) is 9.74. The number of carboxylic acid groups (broad SMARTS) is 1. The molecule has 6 nitrogen and oxygen atoms in total. The lowest BCUT2D eigenvalue weighted by Crippen LogP contribution is -2.10. The normalized spacial score (nSPS) is 15.3. The summed E-state index contributed by atoms with van der Waals surface area (Å²) in [5.41, 5.74) is 0.650. The highest BCUT2D eigenvalue weighted by Crippen LogP contribution is 2.25. The fourth-order valence-corrected chi connectivity index (χ4v) is 2.37. The number of pyridine rings is 1. The molecule has 1 aliphatic carbocycles. The number of methoxy groups -OCH3 is 1. The van der Waals surface area contributed by atoms with E-state index in [9.17, 15) is 4.79 Å². The zero-order chi connectivity index (χ0) is 15.5. The van der Waals surface area contributed by atoms with Crippen LogP contribution in [0, 0.1) is 5.92 Å². The molecule has 21 heavy (non-hydrogen) atoms. The molecule has 116 valence electrons. The van der Waals surface area contributed by atoms with Crippen LogP contribution in [0.25, 0.3) is 0 Å². The maximum absolute atomic E-state index is 10.3. The van der Waals surface area contributed by atoms with Gasteiger partial charge in [-0.1, -0.05) is 24.4 Å². The molecule has 0 spiro atoms. The van der Waals surface area contributed by atoms with Gasteiger partial charge in [0.1, 0.15) is 0 Å². The summed E-state index contributed by atoms with van der Waals surface area (Å²) < 4.78 is 4.88. The molecular formula is C15H22N2O4. The molecule has 0 aromatic carbocycles. The van der Waals surface area contributed by atoms with E-state index in [1.165, 1.54) is 32.6 Å². The van der Waals surface area contributed by atoms with E-state index in [1.54, 1.807) is 18.3 Å². The van der Waals surface area contributed by atoms with E-state index in [4.69, 9.17) is 15.1 Å². The lowest BCUT2D eigenvalue weighted by Gasteiger charge is -2.18. The van der Waals surface area contributed by atoms with Gasteiger partial charge in [-0.15, -0.1) is 0 Å². The number of hydrogen-bond donors (Lipinski definition) is 2. The maximum Gasteiger partial charge on any atom is 0.303 e. The van der Waals surface area contributed by atoms with Gasteiger partial charge in [0.25, 0.3) is 0 Å². The number of aromatic nitrogens is 1. The molecule has 1 fully saturated rings. The molecule has 1 aromatic rings. The van der Waals surface area contributed by atoms with Gasteiger partial charge in [-0.3, -0.25) is 4.79 Å². The Morgan fingerprint density at radius 2 is 2.19 bits per heavy atom. The van der Waals surface area contributed by atoms with Crippen molar-refractivity contribution in [3.05, 3.63) is 23.9 Å². The first kappa shape index (κ1) is 16.9. The van der Waals surface area contributed by atoms with Crippen molar-refractivity contribution >= 4 is 12.2 Å². The third-order valence-electron chi connectivity index (χ3n) is 3.38. The first-order valence-electron chi connectivity index (χ1n) is 7.05. The molecule has 0 radical (unpaired) electrons. The minimum atomic E-state index is -0.632. The number of nitrogens with zero attached hydrogens (tertiary/aromatic N) is 2. The molecule has 0 aliphatic heterocycles. The van der Waals surface area contributed by atoms with Gasteiger partial charge in [0.2, 0.25) is 5.88 Å². The molecular weight excluding hydrogens is 272 g/mol. The van der Waals surface area contributed by atoms with E-state index in [1.807, 2.05) is 0 Å². The van der Waals surface area contributed by atoms with E-state index in [0.29, 0.717) is 23.8 Å². The Bertz CT molecular complexity index is 457. The van der Waals surface area contributed by atoms with Crippen molar-refractivity contribution < 1.29 is 19.8 Å². The van der Waals surface area contributed by atoms with Crippen LogP contribution in [0.5, 0.6) is 5.88 Å². The van der Waals surface area contributed by atoms with Crippen LogP contribution in [0.15, 0.2) is 23.5 Å². The number of hydrogen-bond acceptors (Lipinski definition) is 5. The Morgan fingerprint density at radius 3 is 2.76 bits per heavy atom. The second-order valence-electron chi connectivity index (χ2n) is 4.95. The molecule has 2 rings (SSSR count). The van der Waals surface area contributed by atoms with Crippen molar-refractivity contribution in [3.8, 4) is 5.88 Å². The van der Waals surface area contributed by atoms with Gasteiger partial charge in [0.05, 0.1) is 18.9 Å². The average Bonchev–Trinajstić information content (AvgIpc) is 2.49. The standard InChI is InChI=1S/C8H14O2.C7H8N2O2/c9-8(10)6-7-4-2-1-3-5-7;1-11-7-6(5-9-10)3-2-4-8-7/h7H,1-6H2,(H,9,10);2-5,10H,1H3. The Morgan fingerprint density at radius 1 is 1.48 bits per heavy atom. The molecule has 0 bridgehead atoms. The largest absolute Gasteiger partial charge is 0.481 e. The van der Waals surface area contributed by atoms with Crippen LogP contribution in [0.3, 0.4) is 0 Å². The smallest absolute Gasteiger partial charge is 0.303 e. The predicted octanol–water partition coefficient (Wildman–Crippen LogP) is 2.94. The average molecular weight is 294 g/mol. The van der Waals surface area contributed by atoms with E-state index >= 15 is 0 Å². The summed E-state index contributed by atoms with van der Waals surface area (Å²) in [5.74, 6) is 0.295. The van der Waals surface area contributed by atoms with Crippen LogP contribution in [-0.4, -0.2) is 34.6 Å². The highest BCUT2D eigenvalue weighted by Gasteiger charge is 2.15. The van der Waals surface area contributed by atoms with Crippen molar-refractivity contribution in [1.82, 2.24) is 4.98 Å². The topological polar surface area (TPSA) is 92.0 Å². The quantitative estimate of drug-likeness (QED) is 0.506. The van der Waals surface area contributed by atoms with E-state index < -0.39 is 5.97 Å². The lowest BCUT2D eigenvalue weighted by atomic mass is 9.87. The van der Waals surface area contributed by atoms with Crippen molar-refractivity contribution in [2.75, 3.05) is 7.11 Å². The minimum absolute atomic E-state index is 0.389. The third-order valence-corrected chi connectivity index (χ3v) is 3.38. The van der Waals surface area contributed by atoms with Gasteiger partial charge in [-0.2, -0.15) is 0 Å². The summed E-state index contributed by atoms with van der Waals surface area (Å²) in [4.78, 5) is 14.2. The zero-order valence-corrected chi connectivity index (χ0v) is 12.2. The minimum Gasteiger partial charge on any atom is -0.481 e. The predicted molar refractivity (Wildman–Crippen MR) is 79.0 cm³/mol. The van der Waals surface area contributed by atoms with Crippen LogP contribution in [0.2, 0.25) is 0 Å². The highest BCUT2D eigenvalue weighted by atomic mass is 16.5. The summed E-state index contributed by atoms with van der Waals surface area (Å²) >= 11 is 0. The van der Waals surface area contributed by atoms with Crippen LogP contribution in [-0.2, 0) is 4.79 Å². The number of ether oxygens (including phenoxy) is 1. The van der Waals surface area contributed by atoms with Crippen LogP contribution in [0.4, 0.5) is 0 Å². The maximum atomic E-state index is 10.3. The molecule has 6 heteroatoms. The first-order valence-corrected chi connectivity index (χ1v) is 7.05. The molecule has 0 saturated heterocycles. The monoisotopic (exact) mass is 294 g/mol. The number of aliphatic carboxylic acids is 1. The summed E-state index contributed by atoms with van der Waals surface area (Å²) in [7, 11) is 1.51. The van der Waals surface area contributed by atoms with Crippen LogP contribution >= 0.6 is 0 Å². The molecule has 0 unspecified atom stereocenters. The second-order valence-corrected chi connectivity index (χ2v) is 4.95. The fourth-order valence-electron chi connectivity index (χ4n) is 2.37. The number of oxime groups is 1. The molecule has 0 amide bonds. The number of rotatable bonds is 4. The van der Waals surface area contributed by atoms with Gasteiger partial charge in [0, 0.05) is 12.6 Å². The van der Waals surface area contributed by atoms with Gasteiger partial charge in [-0.05, 0) is 30.9 Å². The van der Waals surface area contributed by atoms with Crippen molar-refractivity contribution in [3.63, 3.8) is 0 Å². The third kappa shape index (κ3) is 6.74. The van der Waals surface area contributed by atoms with Crippen molar-refractivity contribution in [2.45, 2.75) is 38.5 Å². The van der Waals surface area contributed by atoms with Gasteiger partial charge in [-0.25, -0.2) is 4.98 Å². The zero-order valence-electron chi connectivity index (χ0n) is 12.2. The van der Waals surface area contributed by atoms with Gasteiger partial charge in [0.15, 0.2) is 0 Å². The summed E-state index contributed by atoms with van der Waals surface area (Å²) in [6.45, 7) is 0.